The van der Waals surface area contributed by atoms with Gasteiger partial charge in [0.15, 0.2) is 11.0 Å². The zero-order valence-electron chi connectivity index (χ0n) is 6.73. The highest BCUT2D eigenvalue weighted by atomic mass is 35.5. The van der Waals surface area contributed by atoms with Gasteiger partial charge < -0.3 is 9.52 Å². The highest BCUT2D eigenvalue weighted by Crippen LogP contribution is 2.25. The quantitative estimate of drug-likeness (QED) is 0.860. The summed E-state index contributed by atoms with van der Waals surface area (Å²) < 4.78 is 9.01. The van der Waals surface area contributed by atoms with Crippen molar-refractivity contribution in [2.75, 3.05) is 0 Å². The van der Waals surface area contributed by atoms with Crippen molar-refractivity contribution >= 4 is 29.1 Å². The number of halogens is 1. The predicted molar refractivity (Wildman–Crippen MR) is 51.8 cm³/mol. The molecule has 1 N–H and O–H groups in total. The fraction of sp³-hybridized carbons (Fsp3) is 0. The minimum Gasteiger partial charge on any atom is -0.477 e. The molecule has 72 valence electrons. The van der Waals surface area contributed by atoms with Crippen LogP contribution >= 0.6 is 23.1 Å². The molecule has 0 radical (unpaired) electrons. The fourth-order valence-electron chi connectivity index (χ4n) is 0.944. The van der Waals surface area contributed by atoms with Gasteiger partial charge in [-0.2, -0.15) is 4.37 Å². The van der Waals surface area contributed by atoms with Gasteiger partial charge in [-0.25, -0.2) is 4.79 Å². The summed E-state index contributed by atoms with van der Waals surface area (Å²) >= 11 is 6.48. The first-order valence-electron chi connectivity index (χ1n) is 3.62. The maximum absolute atomic E-state index is 10.6. The van der Waals surface area contributed by atoms with Crippen molar-refractivity contribution in [2.24, 2.45) is 0 Å². The van der Waals surface area contributed by atoms with Crippen molar-refractivity contribution in [3.63, 3.8) is 0 Å². The summed E-state index contributed by atoms with van der Waals surface area (Å²) in [6.07, 6.45) is 0. The van der Waals surface area contributed by atoms with Crippen LogP contribution in [-0.2, 0) is 0 Å². The molecule has 4 nitrogen and oxygen atoms in total. The second-order valence-corrected chi connectivity index (χ2v) is 3.66. The summed E-state index contributed by atoms with van der Waals surface area (Å²) in [6.45, 7) is 0. The first-order valence-corrected chi connectivity index (χ1v) is 4.77. The largest absolute Gasteiger partial charge is 0.477 e. The summed E-state index contributed by atoms with van der Waals surface area (Å²) in [5, 5.41) is 8.92. The molecule has 0 aromatic carbocycles. The Hall–Kier alpha value is -1.33. The molecule has 0 atom stereocenters. The first-order chi connectivity index (χ1) is 6.66. The molecule has 0 aliphatic heterocycles. The zero-order chi connectivity index (χ0) is 10.1. The third kappa shape index (κ3) is 1.64. The molecule has 0 aliphatic rings. The molecule has 2 aromatic rings. The van der Waals surface area contributed by atoms with Gasteiger partial charge in [-0.3, -0.25) is 0 Å². The summed E-state index contributed by atoms with van der Waals surface area (Å²) in [5.74, 6) is -0.523. The molecule has 0 saturated heterocycles. The molecule has 0 amide bonds. The number of hydrogen-bond donors (Lipinski definition) is 1. The van der Waals surface area contributed by atoms with E-state index in [0.29, 0.717) is 11.5 Å². The van der Waals surface area contributed by atoms with E-state index < -0.39 is 5.97 Å². The average Bonchev–Trinajstić information content (AvgIpc) is 2.70. The van der Waals surface area contributed by atoms with Crippen LogP contribution in [0.2, 0.25) is 5.22 Å². The van der Waals surface area contributed by atoms with Crippen molar-refractivity contribution in [3.05, 3.63) is 28.3 Å². The Morgan fingerprint density at radius 1 is 1.57 bits per heavy atom. The molecule has 0 saturated carbocycles. The lowest BCUT2D eigenvalue weighted by Gasteiger charge is -1.85. The molecular formula is C8H4ClNO3S. The van der Waals surface area contributed by atoms with Crippen LogP contribution in [0.3, 0.4) is 0 Å². The van der Waals surface area contributed by atoms with E-state index in [4.69, 9.17) is 21.1 Å². The molecule has 0 fully saturated rings. The maximum atomic E-state index is 10.6. The highest BCUT2D eigenvalue weighted by Gasteiger charge is 2.12. The Balaban J connectivity index is 2.38. The van der Waals surface area contributed by atoms with Gasteiger partial charge >= 0.3 is 5.97 Å². The number of carboxylic acid groups (broad SMARTS) is 1. The number of furan rings is 1. The molecule has 6 heteroatoms. The Kier molecular flexibility index (Phi) is 2.26. The number of nitrogens with zero attached hydrogens (tertiary/aromatic N) is 1. The van der Waals surface area contributed by atoms with Gasteiger partial charge in [0.25, 0.3) is 0 Å². The molecular weight excluding hydrogens is 226 g/mol. The summed E-state index contributed by atoms with van der Waals surface area (Å²) in [5.41, 5.74) is 0.485. The molecule has 2 rings (SSSR count). The number of carboxylic acids is 1. The van der Waals surface area contributed by atoms with E-state index in [1.54, 1.807) is 12.1 Å². The van der Waals surface area contributed by atoms with E-state index in [0.717, 1.165) is 11.5 Å². The number of hydrogen-bond acceptors (Lipinski definition) is 4. The second-order valence-electron chi connectivity index (χ2n) is 2.49. The van der Waals surface area contributed by atoms with E-state index in [2.05, 4.69) is 4.37 Å². The van der Waals surface area contributed by atoms with E-state index in [9.17, 15) is 4.79 Å². The Morgan fingerprint density at radius 2 is 2.36 bits per heavy atom. The standard InChI is InChI=1S/C8H4ClNO3S/c9-7-2-1-5(13-7)4-3-6(8(11)12)14-10-4/h1-3H,(H,11,12). The molecule has 0 unspecified atom stereocenters. The van der Waals surface area contributed by atoms with Gasteiger partial charge in [0, 0.05) is 0 Å². The first kappa shape index (κ1) is 9.23. The van der Waals surface area contributed by atoms with E-state index in [-0.39, 0.29) is 10.1 Å². The van der Waals surface area contributed by atoms with Crippen LogP contribution in [0.1, 0.15) is 9.67 Å². The SMILES string of the molecule is O=C(O)c1cc(-c2ccc(Cl)o2)ns1. The number of rotatable bonds is 2. The second kappa shape index (κ2) is 3.43. The number of aromatic carboxylic acids is 1. The predicted octanol–water partition coefficient (Wildman–Crippen LogP) is 2.75. The lowest BCUT2D eigenvalue weighted by atomic mass is 10.3. The summed E-state index contributed by atoms with van der Waals surface area (Å²) in [6, 6.07) is 4.67. The van der Waals surface area contributed by atoms with Crippen LogP contribution in [0, 0.1) is 0 Å². The zero-order valence-corrected chi connectivity index (χ0v) is 8.30. The van der Waals surface area contributed by atoms with E-state index in [1.165, 1.54) is 6.07 Å². The maximum Gasteiger partial charge on any atom is 0.347 e. The minimum absolute atomic E-state index is 0.174. The highest BCUT2D eigenvalue weighted by molar-refractivity contribution is 7.08. The van der Waals surface area contributed by atoms with Crippen molar-refractivity contribution in [1.82, 2.24) is 4.37 Å². The lowest BCUT2D eigenvalue weighted by Crippen LogP contribution is -1.89. The monoisotopic (exact) mass is 229 g/mol. The van der Waals surface area contributed by atoms with Crippen molar-refractivity contribution in [2.45, 2.75) is 0 Å². The Bertz CT molecular complexity index is 476. The van der Waals surface area contributed by atoms with Crippen LogP contribution in [0.25, 0.3) is 11.5 Å². The Morgan fingerprint density at radius 3 is 2.86 bits per heavy atom. The van der Waals surface area contributed by atoms with Gasteiger partial charge in [0.2, 0.25) is 0 Å². The number of aromatic nitrogens is 1. The smallest absolute Gasteiger partial charge is 0.347 e. The normalized spacial score (nSPS) is 10.4. The average molecular weight is 230 g/mol. The van der Waals surface area contributed by atoms with Crippen LogP contribution in [0.4, 0.5) is 0 Å². The topological polar surface area (TPSA) is 63.3 Å². The molecule has 14 heavy (non-hydrogen) atoms. The van der Waals surface area contributed by atoms with Crippen LogP contribution in [0.5, 0.6) is 0 Å². The number of carbonyl (C=O) groups is 1. The molecule has 0 bridgehead atoms. The van der Waals surface area contributed by atoms with Crippen molar-refractivity contribution < 1.29 is 14.3 Å². The summed E-state index contributed by atoms with van der Waals surface area (Å²) in [7, 11) is 0. The van der Waals surface area contributed by atoms with Crippen LogP contribution < -0.4 is 0 Å². The molecule has 2 aromatic heterocycles. The van der Waals surface area contributed by atoms with Gasteiger partial charge in [0.05, 0.1) is 0 Å². The third-order valence-electron chi connectivity index (χ3n) is 1.55. The summed E-state index contributed by atoms with van der Waals surface area (Å²) in [4.78, 5) is 10.7. The van der Waals surface area contributed by atoms with Gasteiger partial charge in [-0.05, 0) is 41.3 Å². The third-order valence-corrected chi connectivity index (χ3v) is 2.53. The Labute approximate surface area is 87.9 Å². The van der Waals surface area contributed by atoms with Gasteiger partial charge in [0.1, 0.15) is 10.6 Å². The lowest BCUT2D eigenvalue weighted by molar-refractivity contribution is 0.0702. The fourth-order valence-corrected chi connectivity index (χ4v) is 1.67. The molecule has 0 spiro atoms. The van der Waals surface area contributed by atoms with Crippen molar-refractivity contribution in [1.29, 1.82) is 0 Å². The van der Waals surface area contributed by atoms with Gasteiger partial charge in [-0.15, -0.1) is 0 Å². The minimum atomic E-state index is -0.994. The van der Waals surface area contributed by atoms with Gasteiger partial charge in [-0.1, -0.05) is 0 Å². The molecule has 2 heterocycles. The van der Waals surface area contributed by atoms with Crippen LogP contribution in [-0.4, -0.2) is 15.4 Å². The van der Waals surface area contributed by atoms with Crippen LogP contribution in [0.15, 0.2) is 22.6 Å². The van der Waals surface area contributed by atoms with Crippen molar-refractivity contribution in [3.8, 4) is 11.5 Å². The molecule has 0 aliphatic carbocycles. The van der Waals surface area contributed by atoms with E-state index >= 15 is 0 Å². The van der Waals surface area contributed by atoms with E-state index in [1.807, 2.05) is 0 Å².